The lowest BCUT2D eigenvalue weighted by Gasteiger charge is -2.25. The molecule has 0 bridgehead atoms. The Hall–Kier alpha value is -3.64. The molecule has 0 spiro atoms. The quantitative estimate of drug-likeness (QED) is 0.467. The van der Waals surface area contributed by atoms with Crippen molar-refractivity contribution < 1.29 is 4.74 Å². The lowest BCUT2D eigenvalue weighted by molar-refractivity contribution is 0.407. The first-order chi connectivity index (χ1) is 15.3. The molecule has 6 heteroatoms. The highest BCUT2D eigenvalue weighted by Crippen LogP contribution is 2.35. The summed E-state index contributed by atoms with van der Waals surface area (Å²) in [7, 11) is 1.71. The summed E-state index contributed by atoms with van der Waals surface area (Å²) in [5, 5.41) is 13.7. The fraction of sp³-hybridized carbons (Fsp3) is 0.200. The van der Waals surface area contributed by atoms with Crippen LogP contribution in [-0.4, -0.2) is 33.6 Å². The van der Waals surface area contributed by atoms with E-state index in [9.17, 15) is 0 Å². The van der Waals surface area contributed by atoms with E-state index in [-0.39, 0.29) is 6.04 Å². The zero-order chi connectivity index (χ0) is 20.8. The SMILES string of the molecule is COc1ccc(C2NCCc3c2[nH]c2ccccc32)cc1Cn1nnc2ccccc21. The summed E-state index contributed by atoms with van der Waals surface area (Å²) in [6.07, 6.45) is 1.03. The number of benzene rings is 3. The van der Waals surface area contributed by atoms with Crippen molar-refractivity contribution in [3.05, 3.63) is 89.1 Å². The van der Waals surface area contributed by atoms with E-state index in [1.54, 1.807) is 7.11 Å². The highest BCUT2D eigenvalue weighted by Gasteiger charge is 2.25. The van der Waals surface area contributed by atoms with Gasteiger partial charge < -0.3 is 15.0 Å². The van der Waals surface area contributed by atoms with E-state index in [2.05, 4.69) is 63.1 Å². The highest BCUT2D eigenvalue weighted by molar-refractivity contribution is 5.85. The van der Waals surface area contributed by atoms with Gasteiger partial charge in [0, 0.05) is 28.7 Å². The van der Waals surface area contributed by atoms with Gasteiger partial charge in [-0.15, -0.1) is 5.10 Å². The van der Waals surface area contributed by atoms with E-state index in [1.165, 1.54) is 27.7 Å². The molecule has 2 aromatic heterocycles. The molecule has 0 amide bonds. The maximum atomic E-state index is 5.68. The topological polar surface area (TPSA) is 67.8 Å². The van der Waals surface area contributed by atoms with Gasteiger partial charge in [-0.3, -0.25) is 0 Å². The number of methoxy groups -OCH3 is 1. The van der Waals surface area contributed by atoms with Crippen LogP contribution in [0.1, 0.15) is 28.4 Å². The molecule has 6 rings (SSSR count). The van der Waals surface area contributed by atoms with Gasteiger partial charge in [0.2, 0.25) is 0 Å². The van der Waals surface area contributed by atoms with Crippen molar-refractivity contribution in [1.29, 1.82) is 0 Å². The molecule has 0 fully saturated rings. The molecule has 1 aliphatic heterocycles. The van der Waals surface area contributed by atoms with Gasteiger partial charge in [0.25, 0.3) is 0 Å². The minimum atomic E-state index is 0.119. The van der Waals surface area contributed by atoms with Gasteiger partial charge in [-0.1, -0.05) is 41.6 Å². The molecular formula is C25H23N5O. The van der Waals surface area contributed by atoms with Gasteiger partial charge in [0.15, 0.2) is 0 Å². The second-order valence-electron chi connectivity index (χ2n) is 8.01. The first-order valence-corrected chi connectivity index (χ1v) is 10.6. The minimum absolute atomic E-state index is 0.119. The predicted molar refractivity (Wildman–Crippen MR) is 121 cm³/mol. The third-order valence-electron chi connectivity index (χ3n) is 6.24. The Balaban J connectivity index is 1.42. The Labute approximate surface area is 179 Å². The number of para-hydroxylation sites is 2. The summed E-state index contributed by atoms with van der Waals surface area (Å²) >= 11 is 0. The number of aromatic amines is 1. The first-order valence-electron chi connectivity index (χ1n) is 10.6. The fourth-order valence-electron chi connectivity index (χ4n) is 4.76. The average molecular weight is 409 g/mol. The molecule has 1 atom stereocenters. The van der Waals surface area contributed by atoms with Crippen molar-refractivity contribution in [2.24, 2.45) is 0 Å². The van der Waals surface area contributed by atoms with Crippen LogP contribution < -0.4 is 10.1 Å². The maximum absolute atomic E-state index is 5.68. The molecule has 2 N–H and O–H groups in total. The first kappa shape index (κ1) is 18.2. The van der Waals surface area contributed by atoms with E-state index >= 15 is 0 Å². The molecule has 3 aromatic carbocycles. The summed E-state index contributed by atoms with van der Waals surface area (Å²) < 4.78 is 7.61. The van der Waals surface area contributed by atoms with Crippen LogP contribution in [0.25, 0.3) is 21.9 Å². The van der Waals surface area contributed by atoms with Gasteiger partial charge >= 0.3 is 0 Å². The standard InChI is InChI=1S/C25H23N5O/c1-31-23-11-10-16(14-17(23)15-30-22-9-5-4-8-21(22)28-29-30)24-25-19(12-13-26-24)18-6-2-3-7-20(18)27-25/h2-11,14,24,26-27H,12-13,15H2,1H3. The zero-order valence-electron chi connectivity index (χ0n) is 17.3. The number of nitrogens with zero attached hydrogens (tertiary/aromatic N) is 3. The Bertz CT molecular complexity index is 1400. The van der Waals surface area contributed by atoms with Crippen molar-refractivity contribution in [3.63, 3.8) is 0 Å². The van der Waals surface area contributed by atoms with Crippen molar-refractivity contribution in [2.45, 2.75) is 19.0 Å². The van der Waals surface area contributed by atoms with Gasteiger partial charge in [0.05, 0.1) is 25.2 Å². The Morgan fingerprint density at radius 2 is 1.94 bits per heavy atom. The van der Waals surface area contributed by atoms with Gasteiger partial charge in [-0.25, -0.2) is 4.68 Å². The van der Waals surface area contributed by atoms with Crippen LogP contribution in [0.2, 0.25) is 0 Å². The van der Waals surface area contributed by atoms with Gasteiger partial charge in [-0.2, -0.15) is 0 Å². The summed E-state index contributed by atoms with van der Waals surface area (Å²) in [6.45, 7) is 1.55. The second kappa shape index (κ2) is 7.25. The molecule has 5 aromatic rings. The van der Waals surface area contributed by atoms with Crippen LogP contribution in [0.4, 0.5) is 0 Å². The maximum Gasteiger partial charge on any atom is 0.123 e. The lowest BCUT2D eigenvalue weighted by Crippen LogP contribution is -2.30. The molecule has 31 heavy (non-hydrogen) atoms. The molecule has 3 heterocycles. The lowest BCUT2D eigenvalue weighted by atomic mass is 9.93. The fourth-order valence-corrected chi connectivity index (χ4v) is 4.76. The molecule has 0 radical (unpaired) electrons. The van der Waals surface area contributed by atoms with Gasteiger partial charge in [0.1, 0.15) is 11.3 Å². The largest absolute Gasteiger partial charge is 0.496 e. The van der Waals surface area contributed by atoms with Crippen LogP contribution in [0, 0.1) is 0 Å². The number of aromatic nitrogens is 4. The van der Waals surface area contributed by atoms with Crippen molar-refractivity contribution >= 4 is 21.9 Å². The van der Waals surface area contributed by atoms with E-state index < -0.39 is 0 Å². The van der Waals surface area contributed by atoms with Crippen molar-refractivity contribution in [2.75, 3.05) is 13.7 Å². The van der Waals surface area contributed by atoms with Crippen molar-refractivity contribution in [3.8, 4) is 5.75 Å². The molecule has 1 unspecified atom stereocenters. The monoisotopic (exact) mass is 409 g/mol. The van der Waals surface area contributed by atoms with Crippen LogP contribution in [-0.2, 0) is 13.0 Å². The van der Waals surface area contributed by atoms with Crippen LogP contribution in [0.5, 0.6) is 5.75 Å². The summed E-state index contributed by atoms with van der Waals surface area (Å²) in [4.78, 5) is 3.66. The number of H-pyrrole nitrogens is 1. The third-order valence-corrected chi connectivity index (χ3v) is 6.24. The number of rotatable bonds is 4. The Morgan fingerprint density at radius 3 is 2.87 bits per heavy atom. The zero-order valence-corrected chi connectivity index (χ0v) is 17.3. The number of hydrogen-bond acceptors (Lipinski definition) is 4. The van der Waals surface area contributed by atoms with E-state index in [0.29, 0.717) is 6.54 Å². The average Bonchev–Trinajstić information content (AvgIpc) is 3.40. The predicted octanol–water partition coefficient (Wildman–Crippen LogP) is 4.20. The van der Waals surface area contributed by atoms with Crippen molar-refractivity contribution in [1.82, 2.24) is 25.3 Å². The van der Waals surface area contributed by atoms with Crippen LogP contribution >= 0.6 is 0 Å². The smallest absolute Gasteiger partial charge is 0.123 e. The minimum Gasteiger partial charge on any atom is -0.496 e. The van der Waals surface area contributed by atoms with Gasteiger partial charge in [-0.05, 0) is 47.9 Å². The number of fused-ring (bicyclic) bond motifs is 4. The number of ether oxygens (including phenoxy) is 1. The second-order valence-corrected chi connectivity index (χ2v) is 8.01. The Morgan fingerprint density at radius 1 is 1.06 bits per heavy atom. The molecule has 154 valence electrons. The summed E-state index contributed by atoms with van der Waals surface area (Å²) in [5.41, 5.74) is 8.09. The Kier molecular flexibility index (Phi) is 4.25. The van der Waals surface area contributed by atoms with E-state index in [1.807, 2.05) is 28.9 Å². The van der Waals surface area contributed by atoms with Crippen LogP contribution in [0.15, 0.2) is 66.7 Å². The number of hydrogen-bond donors (Lipinski definition) is 2. The molecule has 0 saturated carbocycles. The molecule has 6 nitrogen and oxygen atoms in total. The normalized spacial score (nSPS) is 16.0. The third kappa shape index (κ3) is 2.99. The van der Waals surface area contributed by atoms with E-state index in [4.69, 9.17) is 4.74 Å². The summed E-state index contributed by atoms with van der Waals surface area (Å²) in [6, 6.07) is 23.1. The number of nitrogens with one attached hydrogen (secondary N) is 2. The summed E-state index contributed by atoms with van der Waals surface area (Å²) in [5.74, 6) is 0.857. The highest BCUT2D eigenvalue weighted by atomic mass is 16.5. The molecular weight excluding hydrogens is 386 g/mol. The van der Waals surface area contributed by atoms with Crippen LogP contribution in [0.3, 0.4) is 0 Å². The molecule has 0 aliphatic carbocycles. The molecule has 1 aliphatic rings. The van der Waals surface area contributed by atoms with E-state index in [0.717, 1.165) is 35.3 Å². The molecule has 0 saturated heterocycles.